The second-order valence-electron chi connectivity index (χ2n) is 6.82. The van der Waals surface area contributed by atoms with Gasteiger partial charge in [0.25, 0.3) is 0 Å². The Labute approximate surface area is 151 Å². The van der Waals surface area contributed by atoms with Crippen molar-refractivity contribution in [1.29, 1.82) is 0 Å². The topological polar surface area (TPSA) is 67.8 Å². The van der Waals surface area contributed by atoms with Crippen LogP contribution in [0, 0.1) is 0 Å². The summed E-state index contributed by atoms with van der Waals surface area (Å²) >= 11 is 0. The lowest BCUT2D eigenvalue weighted by molar-refractivity contribution is 0.142. The van der Waals surface area contributed by atoms with E-state index in [1.807, 2.05) is 25.1 Å². The van der Waals surface area contributed by atoms with E-state index in [2.05, 4.69) is 39.6 Å². The van der Waals surface area contributed by atoms with Crippen LogP contribution in [-0.2, 0) is 0 Å². The molecule has 2 unspecified atom stereocenters. The van der Waals surface area contributed by atoms with Gasteiger partial charge in [-0.15, -0.1) is 0 Å². The van der Waals surface area contributed by atoms with Crippen LogP contribution in [0.25, 0.3) is 0 Å². The minimum Gasteiger partial charge on any atom is -0.393 e. The number of likely N-dealkylation sites (N-methyl/N-ethyl adjacent to an activating group) is 1. The van der Waals surface area contributed by atoms with Crippen LogP contribution < -0.4 is 10.6 Å². The van der Waals surface area contributed by atoms with E-state index in [-0.39, 0.29) is 18.2 Å². The molecule has 1 saturated heterocycles. The molecule has 2 rings (SSSR count). The number of aliphatic hydroxyl groups is 1. The molecule has 2 amide bonds. The number of carbonyl (C=O) groups is 1. The molecular formula is C19H32N4O2. The fourth-order valence-corrected chi connectivity index (χ4v) is 2.97. The molecule has 1 aromatic rings. The maximum absolute atomic E-state index is 12.3. The molecule has 1 aliphatic heterocycles. The lowest BCUT2D eigenvalue weighted by Crippen LogP contribution is -2.49. The van der Waals surface area contributed by atoms with Gasteiger partial charge in [-0.3, -0.25) is 4.90 Å². The molecule has 3 N–H and O–H groups in total. The van der Waals surface area contributed by atoms with Gasteiger partial charge in [-0.25, -0.2) is 4.79 Å². The average Bonchev–Trinajstić information content (AvgIpc) is 2.63. The first-order valence-corrected chi connectivity index (χ1v) is 9.26. The monoisotopic (exact) mass is 348 g/mol. The van der Waals surface area contributed by atoms with Gasteiger partial charge in [0.05, 0.1) is 12.1 Å². The molecule has 6 nitrogen and oxygen atoms in total. The first-order chi connectivity index (χ1) is 12.1. The predicted molar refractivity (Wildman–Crippen MR) is 101 cm³/mol. The Hall–Kier alpha value is -1.63. The van der Waals surface area contributed by atoms with Gasteiger partial charge in [0, 0.05) is 39.3 Å². The first kappa shape index (κ1) is 19.7. The molecule has 1 heterocycles. The summed E-state index contributed by atoms with van der Waals surface area (Å²) in [5.41, 5.74) is 1.12. The Morgan fingerprint density at radius 3 is 2.52 bits per heavy atom. The quantitative estimate of drug-likeness (QED) is 0.665. The van der Waals surface area contributed by atoms with Crippen molar-refractivity contribution in [2.45, 2.75) is 31.9 Å². The molecule has 2 atom stereocenters. The SMILES string of the molecule is CCC(O)CCNC(=O)NC(CN1CCN(C)CC1)c1ccccc1. The summed E-state index contributed by atoms with van der Waals surface area (Å²) < 4.78 is 0. The van der Waals surface area contributed by atoms with Crippen molar-refractivity contribution < 1.29 is 9.90 Å². The van der Waals surface area contributed by atoms with Crippen molar-refractivity contribution in [1.82, 2.24) is 20.4 Å². The van der Waals surface area contributed by atoms with Gasteiger partial charge in [0.1, 0.15) is 0 Å². The number of amides is 2. The zero-order valence-electron chi connectivity index (χ0n) is 15.4. The third kappa shape index (κ3) is 7.02. The van der Waals surface area contributed by atoms with Crippen molar-refractivity contribution in [3.8, 4) is 0 Å². The number of urea groups is 1. The third-order valence-corrected chi connectivity index (χ3v) is 4.78. The molecule has 0 aromatic heterocycles. The van der Waals surface area contributed by atoms with E-state index in [0.717, 1.165) is 38.3 Å². The molecule has 0 bridgehead atoms. The van der Waals surface area contributed by atoms with E-state index >= 15 is 0 Å². The van der Waals surface area contributed by atoms with Gasteiger partial charge in [-0.1, -0.05) is 37.3 Å². The van der Waals surface area contributed by atoms with Gasteiger partial charge in [-0.2, -0.15) is 0 Å². The molecule has 6 heteroatoms. The van der Waals surface area contributed by atoms with E-state index in [9.17, 15) is 9.90 Å². The highest BCUT2D eigenvalue weighted by Crippen LogP contribution is 2.15. The summed E-state index contributed by atoms with van der Waals surface area (Å²) in [5.74, 6) is 0. The highest BCUT2D eigenvalue weighted by molar-refractivity contribution is 5.74. The Bertz CT molecular complexity index is 503. The van der Waals surface area contributed by atoms with Crippen LogP contribution in [0.15, 0.2) is 30.3 Å². The van der Waals surface area contributed by atoms with Gasteiger partial charge in [0.15, 0.2) is 0 Å². The molecule has 0 saturated carbocycles. The van der Waals surface area contributed by atoms with Gasteiger partial charge < -0.3 is 20.6 Å². The Morgan fingerprint density at radius 2 is 1.88 bits per heavy atom. The molecule has 140 valence electrons. The molecule has 1 fully saturated rings. The fourth-order valence-electron chi connectivity index (χ4n) is 2.97. The van der Waals surface area contributed by atoms with Crippen LogP contribution in [0.2, 0.25) is 0 Å². The summed E-state index contributed by atoms with van der Waals surface area (Å²) in [6.45, 7) is 7.38. The van der Waals surface area contributed by atoms with Gasteiger partial charge in [-0.05, 0) is 25.5 Å². The van der Waals surface area contributed by atoms with E-state index < -0.39 is 0 Å². The molecule has 0 spiro atoms. The Balaban J connectivity index is 1.89. The lowest BCUT2D eigenvalue weighted by Gasteiger charge is -2.35. The summed E-state index contributed by atoms with van der Waals surface area (Å²) in [7, 11) is 2.14. The van der Waals surface area contributed by atoms with Crippen LogP contribution in [0.1, 0.15) is 31.4 Å². The lowest BCUT2D eigenvalue weighted by atomic mass is 10.1. The van der Waals surface area contributed by atoms with Crippen LogP contribution >= 0.6 is 0 Å². The maximum atomic E-state index is 12.3. The minimum atomic E-state index is -0.351. The normalized spacial score (nSPS) is 18.5. The number of piperazine rings is 1. The van der Waals surface area contributed by atoms with E-state index in [1.165, 1.54) is 0 Å². The van der Waals surface area contributed by atoms with Crippen molar-refractivity contribution in [2.24, 2.45) is 0 Å². The number of benzene rings is 1. The smallest absolute Gasteiger partial charge is 0.315 e. The molecule has 0 radical (unpaired) electrons. The average molecular weight is 348 g/mol. The zero-order chi connectivity index (χ0) is 18.1. The molecule has 0 aliphatic carbocycles. The second-order valence-corrected chi connectivity index (χ2v) is 6.82. The van der Waals surface area contributed by atoms with Gasteiger partial charge >= 0.3 is 6.03 Å². The van der Waals surface area contributed by atoms with Crippen LogP contribution in [0.5, 0.6) is 0 Å². The summed E-state index contributed by atoms with van der Waals surface area (Å²) in [4.78, 5) is 17.0. The van der Waals surface area contributed by atoms with Gasteiger partial charge in [0.2, 0.25) is 0 Å². The van der Waals surface area contributed by atoms with Crippen LogP contribution in [0.4, 0.5) is 4.79 Å². The Morgan fingerprint density at radius 1 is 1.20 bits per heavy atom. The van der Waals surface area contributed by atoms with E-state index in [4.69, 9.17) is 0 Å². The van der Waals surface area contributed by atoms with Crippen molar-refractivity contribution in [2.75, 3.05) is 46.3 Å². The number of aliphatic hydroxyl groups excluding tert-OH is 1. The number of nitrogens with zero attached hydrogens (tertiary/aromatic N) is 2. The van der Waals surface area contributed by atoms with Crippen LogP contribution in [-0.4, -0.2) is 73.4 Å². The molecule has 25 heavy (non-hydrogen) atoms. The maximum Gasteiger partial charge on any atom is 0.315 e. The molecule has 1 aliphatic rings. The summed E-state index contributed by atoms with van der Waals surface area (Å²) in [5, 5.41) is 15.5. The van der Waals surface area contributed by atoms with Crippen LogP contribution in [0.3, 0.4) is 0 Å². The van der Waals surface area contributed by atoms with E-state index in [1.54, 1.807) is 0 Å². The standard InChI is InChI=1S/C19H32N4O2/c1-3-17(24)9-10-20-19(25)21-18(16-7-5-4-6-8-16)15-23-13-11-22(2)12-14-23/h4-8,17-18,24H,3,9-15H2,1-2H3,(H2,20,21,25). The van der Waals surface area contributed by atoms with E-state index in [0.29, 0.717) is 19.4 Å². The number of hydrogen-bond acceptors (Lipinski definition) is 4. The highest BCUT2D eigenvalue weighted by atomic mass is 16.3. The largest absolute Gasteiger partial charge is 0.393 e. The number of nitrogens with one attached hydrogen (secondary N) is 2. The second kappa shape index (κ2) is 10.4. The summed E-state index contributed by atoms with van der Waals surface area (Å²) in [6, 6.07) is 9.89. The van der Waals surface area contributed by atoms with Crippen molar-refractivity contribution in [3.63, 3.8) is 0 Å². The number of rotatable bonds is 8. The highest BCUT2D eigenvalue weighted by Gasteiger charge is 2.21. The predicted octanol–water partition coefficient (Wildman–Crippen LogP) is 1.44. The zero-order valence-corrected chi connectivity index (χ0v) is 15.4. The molecule has 1 aromatic carbocycles. The minimum absolute atomic E-state index is 0.0410. The molecular weight excluding hydrogens is 316 g/mol. The first-order valence-electron chi connectivity index (χ1n) is 9.26. The number of hydrogen-bond donors (Lipinski definition) is 3. The third-order valence-electron chi connectivity index (χ3n) is 4.78. The fraction of sp³-hybridized carbons (Fsp3) is 0.632. The van der Waals surface area contributed by atoms with Crippen molar-refractivity contribution >= 4 is 6.03 Å². The van der Waals surface area contributed by atoms with Crippen molar-refractivity contribution in [3.05, 3.63) is 35.9 Å². The summed E-state index contributed by atoms with van der Waals surface area (Å²) in [6.07, 6.45) is 0.938. The number of carbonyl (C=O) groups excluding carboxylic acids is 1. The Kier molecular flexibility index (Phi) is 8.18.